The van der Waals surface area contributed by atoms with Gasteiger partial charge >= 0.3 is 0 Å². The zero-order valence-electron chi connectivity index (χ0n) is 13.4. The van der Waals surface area contributed by atoms with Gasteiger partial charge in [0.2, 0.25) is 0 Å². The molecule has 2 atom stereocenters. The number of hydrogen-bond acceptors (Lipinski definition) is 1. The van der Waals surface area contributed by atoms with Gasteiger partial charge in [-0.25, -0.2) is 4.39 Å². The summed E-state index contributed by atoms with van der Waals surface area (Å²) in [5.41, 5.74) is 1.53. The number of hydrogen-bond donors (Lipinski definition) is 1. The average molecular weight is 356 g/mol. The minimum Gasteiger partial charge on any atom is -0.317 e. The van der Waals surface area contributed by atoms with Crippen LogP contribution in [0.25, 0.3) is 0 Å². The predicted molar refractivity (Wildman–Crippen MR) is 91.0 cm³/mol. The van der Waals surface area contributed by atoms with Crippen molar-refractivity contribution in [2.24, 2.45) is 17.3 Å². The first kappa shape index (κ1) is 17.0. The molecule has 0 heterocycles. The van der Waals surface area contributed by atoms with Gasteiger partial charge in [-0.3, -0.25) is 0 Å². The molecule has 1 aromatic rings. The smallest absolute Gasteiger partial charge is 0.124 e. The fourth-order valence-corrected chi connectivity index (χ4v) is 4.17. The number of nitrogens with one attached hydrogen (secondary N) is 1. The third-order valence-corrected chi connectivity index (χ3v) is 5.21. The molecule has 1 aromatic carbocycles. The van der Waals surface area contributed by atoms with Crippen LogP contribution in [0, 0.1) is 23.1 Å². The van der Waals surface area contributed by atoms with E-state index in [0.717, 1.165) is 29.5 Å². The van der Waals surface area contributed by atoms with Crippen molar-refractivity contribution < 1.29 is 4.39 Å². The van der Waals surface area contributed by atoms with Gasteiger partial charge in [0.15, 0.2) is 0 Å². The van der Waals surface area contributed by atoms with Gasteiger partial charge < -0.3 is 5.32 Å². The van der Waals surface area contributed by atoms with Gasteiger partial charge in [0.25, 0.3) is 0 Å². The van der Waals surface area contributed by atoms with Crippen molar-refractivity contribution >= 4 is 15.9 Å². The van der Waals surface area contributed by atoms with Gasteiger partial charge in [-0.2, -0.15) is 0 Å². The monoisotopic (exact) mass is 355 g/mol. The van der Waals surface area contributed by atoms with E-state index in [4.69, 9.17) is 0 Å². The van der Waals surface area contributed by atoms with Gasteiger partial charge in [-0.15, -0.1) is 0 Å². The highest BCUT2D eigenvalue weighted by Crippen LogP contribution is 2.43. The molecule has 1 N–H and O–H groups in total. The highest BCUT2D eigenvalue weighted by molar-refractivity contribution is 9.10. The molecule has 0 aliphatic heterocycles. The third kappa shape index (κ3) is 5.07. The van der Waals surface area contributed by atoms with Gasteiger partial charge in [0.1, 0.15) is 5.82 Å². The largest absolute Gasteiger partial charge is 0.317 e. The summed E-state index contributed by atoms with van der Waals surface area (Å²) in [6.45, 7) is 9.01. The first-order valence-electron chi connectivity index (χ1n) is 8.05. The van der Waals surface area contributed by atoms with E-state index >= 15 is 0 Å². The van der Waals surface area contributed by atoms with E-state index in [1.807, 2.05) is 0 Å². The van der Waals surface area contributed by atoms with Crippen LogP contribution in [0.5, 0.6) is 0 Å². The molecule has 1 aliphatic rings. The molecule has 2 rings (SSSR count). The normalized spacial score (nSPS) is 25.0. The van der Waals surface area contributed by atoms with Crippen molar-refractivity contribution in [3.63, 3.8) is 0 Å². The summed E-state index contributed by atoms with van der Waals surface area (Å²) in [6.07, 6.45) is 4.79. The SMILES string of the molecule is CCNCC1CCC(C)(C)CC1Cc1cc(F)cc(Br)c1. The van der Waals surface area contributed by atoms with E-state index in [2.05, 4.69) is 48.1 Å². The van der Waals surface area contributed by atoms with E-state index in [-0.39, 0.29) is 5.82 Å². The van der Waals surface area contributed by atoms with Gasteiger partial charge in [-0.1, -0.05) is 36.7 Å². The Kier molecular flexibility index (Phi) is 5.84. The summed E-state index contributed by atoms with van der Waals surface area (Å²) in [4.78, 5) is 0. The van der Waals surface area contributed by atoms with Crippen molar-refractivity contribution in [2.75, 3.05) is 13.1 Å². The fraction of sp³-hybridized carbons (Fsp3) is 0.667. The molecule has 1 aliphatic carbocycles. The second-order valence-corrected chi connectivity index (χ2v) is 8.13. The van der Waals surface area contributed by atoms with E-state index in [1.165, 1.54) is 25.3 Å². The van der Waals surface area contributed by atoms with Crippen LogP contribution in [0.15, 0.2) is 22.7 Å². The zero-order valence-corrected chi connectivity index (χ0v) is 15.0. The van der Waals surface area contributed by atoms with Crippen molar-refractivity contribution in [1.29, 1.82) is 0 Å². The molecule has 0 amide bonds. The van der Waals surface area contributed by atoms with E-state index in [9.17, 15) is 4.39 Å². The quantitative estimate of drug-likeness (QED) is 0.766. The minimum atomic E-state index is -0.141. The van der Waals surface area contributed by atoms with Gasteiger partial charge in [0, 0.05) is 4.47 Å². The molecule has 118 valence electrons. The topological polar surface area (TPSA) is 12.0 Å². The van der Waals surface area contributed by atoms with Gasteiger partial charge in [0.05, 0.1) is 0 Å². The van der Waals surface area contributed by atoms with Crippen molar-refractivity contribution in [3.8, 4) is 0 Å². The summed E-state index contributed by atoms with van der Waals surface area (Å²) >= 11 is 3.40. The van der Waals surface area contributed by atoms with E-state index < -0.39 is 0 Å². The summed E-state index contributed by atoms with van der Waals surface area (Å²) in [5.74, 6) is 1.21. The maximum absolute atomic E-state index is 13.6. The van der Waals surface area contributed by atoms with Crippen LogP contribution in [-0.4, -0.2) is 13.1 Å². The summed E-state index contributed by atoms with van der Waals surface area (Å²) in [6, 6.07) is 5.29. The molecule has 0 aromatic heterocycles. The molecule has 0 bridgehead atoms. The highest BCUT2D eigenvalue weighted by atomic mass is 79.9. The summed E-state index contributed by atoms with van der Waals surface area (Å²) < 4.78 is 14.4. The lowest BCUT2D eigenvalue weighted by molar-refractivity contribution is 0.116. The Morgan fingerprint density at radius 1 is 1.29 bits per heavy atom. The Bertz CT molecular complexity index is 452. The molecular weight excluding hydrogens is 329 g/mol. The maximum atomic E-state index is 13.6. The first-order valence-corrected chi connectivity index (χ1v) is 8.84. The average Bonchev–Trinajstić information content (AvgIpc) is 2.36. The molecule has 21 heavy (non-hydrogen) atoms. The number of benzene rings is 1. The van der Waals surface area contributed by atoms with Crippen LogP contribution >= 0.6 is 15.9 Å². The predicted octanol–water partition coefficient (Wildman–Crippen LogP) is 5.18. The molecule has 0 radical (unpaired) electrons. The maximum Gasteiger partial charge on any atom is 0.124 e. The molecule has 1 fully saturated rings. The lowest BCUT2D eigenvalue weighted by Crippen LogP contribution is -2.37. The van der Waals surface area contributed by atoms with Crippen LogP contribution in [0.1, 0.15) is 45.6 Å². The first-order chi connectivity index (χ1) is 9.89. The molecule has 1 nitrogen and oxygen atoms in total. The summed E-state index contributed by atoms with van der Waals surface area (Å²) in [5, 5.41) is 3.50. The fourth-order valence-electron chi connectivity index (χ4n) is 3.66. The van der Waals surface area contributed by atoms with Gasteiger partial charge in [-0.05, 0) is 79.8 Å². The van der Waals surface area contributed by atoms with Crippen LogP contribution in [0.4, 0.5) is 4.39 Å². The minimum absolute atomic E-state index is 0.141. The Morgan fingerprint density at radius 2 is 2.05 bits per heavy atom. The molecule has 2 unspecified atom stereocenters. The molecule has 1 saturated carbocycles. The highest BCUT2D eigenvalue weighted by Gasteiger charge is 2.34. The zero-order chi connectivity index (χ0) is 15.5. The van der Waals surface area contributed by atoms with Crippen molar-refractivity contribution in [3.05, 3.63) is 34.1 Å². The van der Waals surface area contributed by atoms with Crippen LogP contribution < -0.4 is 5.32 Å². The van der Waals surface area contributed by atoms with Crippen LogP contribution in [-0.2, 0) is 6.42 Å². The molecule has 3 heteroatoms. The van der Waals surface area contributed by atoms with Crippen molar-refractivity contribution in [2.45, 2.75) is 46.5 Å². The van der Waals surface area contributed by atoms with Crippen LogP contribution in [0.2, 0.25) is 0 Å². The van der Waals surface area contributed by atoms with E-state index in [0.29, 0.717) is 17.3 Å². The van der Waals surface area contributed by atoms with Crippen LogP contribution in [0.3, 0.4) is 0 Å². The summed E-state index contributed by atoms with van der Waals surface area (Å²) in [7, 11) is 0. The number of rotatable bonds is 5. The second kappa shape index (κ2) is 7.23. The number of halogens is 2. The third-order valence-electron chi connectivity index (χ3n) is 4.75. The molecule has 0 saturated heterocycles. The van der Waals surface area contributed by atoms with Crippen molar-refractivity contribution in [1.82, 2.24) is 5.32 Å². The lowest BCUT2D eigenvalue weighted by atomic mass is 9.65. The lowest BCUT2D eigenvalue weighted by Gasteiger charge is -2.41. The standard InChI is InChI=1S/C18H27BrFN/c1-4-21-12-14-5-6-18(2,3)11-15(14)7-13-8-16(19)10-17(20)9-13/h8-10,14-15,21H,4-7,11-12H2,1-3H3. The second-order valence-electron chi connectivity index (χ2n) is 7.22. The molecule has 0 spiro atoms. The molecular formula is C18H27BrFN. The Balaban J connectivity index is 2.11. The Hall–Kier alpha value is -0.410. The van der Waals surface area contributed by atoms with E-state index in [1.54, 1.807) is 6.07 Å². The Morgan fingerprint density at radius 3 is 2.71 bits per heavy atom. The Labute approximate surface area is 136 Å².